The largest absolute Gasteiger partial charge is 0.491 e. The Balaban J connectivity index is 1.93. The van der Waals surface area contributed by atoms with Gasteiger partial charge in [0, 0.05) is 24.8 Å². The number of anilines is 1. The minimum Gasteiger partial charge on any atom is -0.491 e. The van der Waals surface area contributed by atoms with Crippen LogP contribution in [0.3, 0.4) is 0 Å². The van der Waals surface area contributed by atoms with E-state index in [-0.39, 0.29) is 0 Å². The number of rotatable bonds is 2. The molecule has 1 aliphatic heterocycles. The lowest BCUT2D eigenvalue weighted by Gasteiger charge is -2.24. The summed E-state index contributed by atoms with van der Waals surface area (Å²) in [6.45, 7) is 2.32. The number of hydrogen-bond acceptors (Lipinski definition) is 4. The molecule has 0 saturated heterocycles. The van der Waals surface area contributed by atoms with Gasteiger partial charge in [0.25, 0.3) is 0 Å². The maximum absolute atomic E-state index is 9.14. The van der Waals surface area contributed by atoms with Gasteiger partial charge in [0.1, 0.15) is 17.5 Å². The Morgan fingerprint density at radius 2 is 2.15 bits per heavy atom. The summed E-state index contributed by atoms with van der Waals surface area (Å²) in [7, 11) is 0. The van der Waals surface area contributed by atoms with Crippen molar-refractivity contribution in [2.24, 2.45) is 0 Å². The molecule has 100 valence electrons. The highest BCUT2D eigenvalue weighted by Gasteiger charge is 2.17. The third kappa shape index (κ3) is 2.43. The zero-order chi connectivity index (χ0) is 13.8. The first-order valence-corrected chi connectivity index (χ1v) is 6.69. The minimum atomic E-state index is 0.496. The summed E-state index contributed by atoms with van der Waals surface area (Å²) >= 11 is 0. The van der Waals surface area contributed by atoms with E-state index in [0.717, 1.165) is 36.6 Å². The van der Waals surface area contributed by atoms with Crippen LogP contribution in [0, 0.1) is 11.3 Å². The number of fused-ring (bicyclic) bond motifs is 1. The molecule has 2 aromatic rings. The molecule has 0 fully saturated rings. The molecule has 0 bridgehead atoms. The molecule has 0 spiro atoms. The second-order valence-electron chi connectivity index (χ2n) is 4.71. The average molecular weight is 265 g/mol. The minimum absolute atomic E-state index is 0.496. The van der Waals surface area contributed by atoms with Crippen LogP contribution in [0.2, 0.25) is 0 Å². The van der Waals surface area contributed by atoms with Gasteiger partial charge in [-0.05, 0) is 24.6 Å². The molecule has 1 aliphatic rings. The van der Waals surface area contributed by atoms with Crippen LogP contribution in [0.5, 0.6) is 5.75 Å². The molecule has 0 unspecified atom stereocenters. The summed E-state index contributed by atoms with van der Waals surface area (Å²) in [5.41, 5.74) is 2.53. The second kappa shape index (κ2) is 5.62. The molecule has 4 nitrogen and oxygen atoms in total. The van der Waals surface area contributed by atoms with Crippen molar-refractivity contribution >= 4 is 5.69 Å². The fourth-order valence-electron chi connectivity index (χ4n) is 2.44. The number of ether oxygens (including phenoxy) is 1. The highest BCUT2D eigenvalue weighted by molar-refractivity contribution is 5.59. The van der Waals surface area contributed by atoms with Gasteiger partial charge in [0.2, 0.25) is 0 Å². The monoisotopic (exact) mass is 265 g/mol. The first-order valence-electron chi connectivity index (χ1n) is 6.69. The standard InChI is InChI=1S/C16H15N3O/c17-11-14-13(5-3-8-18-14)12-19-9-4-10-20-16-7-2-1-6-15(16)19/h1-3,5-8H,4,9-10,12H2. The molecule has 20 heavy (non-hydrogen) atoms. The van der Waals surface area contributed by atoms with Crippen LogP contribution in [0.4, 0.5) is 5.69 Å². The van der Waals surface area contributed by atoms with Crippen molar-refractivity contribution in [2.75, 3.05) is 18.1 Å². The fraction of sp³-hybridized carbons (Fsp3) is 0.250. The number of aromatic nitrogens is 1. The number of para-hydroxylation sites is 2. The fourth-order valence-corrected chi connectivity index (χ4v) is 2.44. The van der Waals surface area contributed by atoms with E-state index in [9.17, 15) is 0 Å². The van der Waals surface area contributed by atoms with Gasteiger partial charge in [-0.3, -0.25) is 0 Å². The van der Waals surface area contributed by atoms with Gasteiger partial charge < -0.3 is 9.64 Å². The molecule has 0 aliphatic carbocycles. The molecule has 0 atom stereocenters. The molecular formula is C16H15N3O. The van der Waals surface area contributed by atoms with E-state index < -0.39 is 0 Å². The first kappa shape index (κ1) is 12.5. The second-order valence-corrected chi connectivity index (χ2v) is 4.71. The zero-order valence-electron chi connectivity index (χ0n) is 11.1. The van der Waals surface area contributed by atoms with Crippen LogP contribution in [0.15, 0.2) is 42.6 Å². The maximum atomic E-state index is 9.14. The lowest BCUT2D eigenvalue weighted by atomic mass is 10.1. The predicted octanol–water partition coefficient (Wildman–Crippen LogP) is 2.74. The molecule has 0 saturated carbocycles. The topological polar surface area (TPSA) is 49.2 Å². The Hall–Kier alpha value is -2.54. The summed E-state index contributed by atoms with van der Waals surface area (Å²) in [6, 6.07) is 14.0. The van der Waals surface area contributed by atoms with Crippen LogP contribution in [-0.2, 0) is 6.54 Å². The number of pyridine rings is 1. The van der Waals surface area contributed by atoms with E-state index in [1.54, 1.807) is 6.20 Å². The van der Waals surface area contributed by atoms with Crippen molar-refractivity contribution in [3.63, 3.8) is 0 Å². The summed E-state index contributed by atoms with van der Waals surface area (Å²) in [6.07, 6.45) is 2.62. The Kier molecular flexibility index (Phi) is 3.51. The summed E-state index contributed by atoms with van der Waals surface area (Å²) in [5, 5.41) is 9.14. The third-order valence-corrected chi connectivity index (χ3v) is 3.39. The van der Waals surface area contributed by atoms with E-state index in [2.05, 4.69) is 22.0 Å². The zero-order valence-corrected chi connectivity index (χ0v) is 11.1. The molecule has 2 heterocycles. The Morgan fingerprint density at radius 1 is 1.25 bits per heavy atom. The molecule has 0 N–H and O–H groups in total. The third-order valence-electron chi connectivity index (χ3n) is 3.39. The maximum Gasteiger partial charge on any atom is 0.145 e. The summed E-state index contributed by atoms with van der Waals surface area (Å²) < 4.78 is 5.75. The van der Waals surface area contributed by atoms with Gasteiger partial charge >= 0.3 is 0 Å². The van der Waals surface area contributed by atoms with E-state index >= 15 is 0 Å². The van der Waals surface area contributed by atoms with Crippen LogP contribution in [0.25, 0.3) is 0 Å². The Morgan fingerprint density at radius 3 is 3.05 bits per heavy atom. The summed E-state index contributed by atoms with van der Waals surface area (Å²) in [5.74, 6) is 0.910. The van der Waals surface area contributed by atoms with Crippen LogP contribution in [0.1, 0.15) is 17.7 Å². The van der Waals surface area contributed by atoms with E-state index in [0.29, 0.717) is 12.2 Å². The van der Waals surface area contributed by atoms with Crippen molar-refractivity contribution in [3.05, 3.63) is 53.9 Å². The smallest absolute Gasteiger partial charge is 0.145 e. The van der Waals surface area contributed by atoms with Crippen LogP contribution >= 0.6 is 0 Å². The lowest BCUT2D eigenvalue weighted by molar-refractivity contribution is 0.322. The van der Waals surface area contributed by atoms with Crippen molar-refractivity contribution in [1.29, 1.82) is 5.26 Å². The normalized spacial score (nSPS) is 13.8. The number of benzene rings is 1. The SMILES string of the molecule is N#Cc1ncccc1CN1CCCOc2ccccc21. The molecule has 0 amide bonds. The molecule has 1 aromatic carbocycles. The van der Waals surface area contributed by atoms with Crippen molar-refractivity contribution in [2.45, 2.75) is 13.0 Å². The first-order chi connectivity index (χ1) is 9.88. The molecular weight excluding hydrogens is 250 g/mol. The molecule has 1 aromatic heterocycles. The summed E-state index contributed by atoms with van der Waals surface area (Å²) in [4.78, 5) is 6.37. The highest BCUT2D eigenvalue weighted by atomic mass is 16.5. The van der Waals surface area contributed by atoms with Gasteiger partial charge in [-0.15, -0.1) is 0 Å². The van der Waals surface area contributed by atoms with E-state index in [1.165, 1.54) is 0 Å². The molecule has 3 rings (SSSR count). The molecule has 0 radical (unpaired) electrons. The highest BCUT2D eigenvalue weighted by Crippen LogP contribution is 2.31. The van der Waals surface area contributed by atoms with Crippen molar-refractivity contribution < 1.29 is 4.74 Å². The van der Waals surface area contributed by atoms with Crippen LogP contribution in [-0.4, -0.2) is 18.1 Å². The van der Waals surface area contributed by atoms with Crippen molar-refractivity contribution in [1.82, 2.24) is 4.98 Å². The molecule has 4 heteroatoms. The Labute approximate surface area is 118 Å². The van der Waals surface area contributed by atoms with Gasteiger partial charge in [0.05, 0.1) is 12.3 Å². The van der Waals surface area contributed by atoms with Gasteiger partial charge in [-0.1, -0.05) is 18.2 Å². The average Bonchev–Trinajstić information content (AvgIpc) is 2.71. The van der Waals surface area contributed by atoms with Gasteiger partial charge in [0.15, 0.2) is 0 Å². The number of nitrogens with zero attached hydrogens (tertiary/aromatic N) is 3. The number of nitriles is 1. The van der Waals surface area contributed by atoms with E-state index in [1.807, 2.05) is 30.3 Å². The quantitative estimate of drug-likeness (QED) is 0.837. The van der Waals surface area contributed by atoms with Crippen LogP contribution < -0.4 is 9.64 Å². The van der Waals surface area contributed by atoms with Gasteiger partial charge in [-0.25, -0.2) is 4.98 Å². The van der Waals surface area contributed by atoms with E-state index in [4.69, 9.17) is 10.00 Å². The van der Waals surface area contributed by atoms with Crippen molar-refractivity contribution in [3.8, 4) is 11.8 Å². The number of hydrogen-bond donors (Lipinski definition) is 0. The Bertz CT molecular complexity index is 648. The predicted molar refractivity (Wildman–Crippen MR) is 76.6 cm³/mol. The van der Waals surface area contributed by atoms with Gasteiger partial charge in [-0.2, -0.15) is 5.26 Å². The lowest BCUT2D eigenvalue weighted by Crippen LogP contribution is -2.23.